The highest BCUT2D eigenvalue weighted by Gasteiger charge is 2.26. The molecule has 0 bridgehead atoms. The maximum Gasteiger partial charge on any atom is 0.255 e. The minimum Gasteiger partial charge on any atom is -0.378 e. The van der Waals surface area contributed by atoms with Crippen molar-refractivity contribution in [2.45, 2.75) is 11.3 Å². The Morgan fingerprint density at radius 3 is 2.24 bits per heavy atom. The molecule has 0 radical (unpaired) electrons. The first-order valence-corrected chi connectivity index (χ1v) is 12.5. The van der Waals surface area contributed by atoms with Gasteiger partial charge in [0.15, 0.2) is 0 Å². The minimum absolute atomic E-state index is 0.0715. The first kappa shape index (κ1) is 25.4. The van der Waals surface area contributed by atoms with Gasteiger partial charge in [-0.15, -0.1) is 0 Å². The van der Waals surface area contributed by atoms with Gasteiger partial charge in [-0.25, -0.2) is 13.8 Å². The zero-order chi connectivity index (χ0) is 24.6. The van der Waals surface area contributed by atoms with Crippen LogP contribution in [0.3, 0.4) is 0 Å². The van der Waals surface area contributed by atoms with Crippen LogP contribution in [-0.4, -0.2) is 52.0 Å². The van der Waals surface area contributed by atoms with Gasteiger partial charge in [0.05, 0.1) is 17.7 Å². The number of anilines is 1. The van der Waals surface area contributed by atoms with Crippen molar-refractivity contribution in [3.8, 4) is 0 Å². The van der Waals surface area contributed by atoms with Gasteiger partial charge in [-0.2, -0.15) is 9.41 Å². The molecule has 3 aromatic carbocycles. The second-order valence-corrected chi connectivity index (χ2v) is 10.2. The number of carbonyl (C=O) groups excluding carboxylic acids is 1. The van der Waals surface area contributed by atoms with Crippen molar-refractivity contribution in [3.05, 3.63) is 95.0 Å². The molecule has 7 nitrogen and oxygen atoms in total. The second kappa shape index (κ2) is 11.8. The van der Waals surface area contributed by atoms with Crippen molar-refractivity contribution in [1.82, 2.24) is 9.73 Å². The van der Waals surface area contributed by atoms with Gasteiger partial charge in [-0.05, 0) is 53.9 Å². The third-order valence-corrected chi connectivity index (χ3v) is 7.19. The Morgan fingerprint density at radius 2 is 1.62 bits per heavy atom. The number of benzene rings is 3. The van der Waals surface area contributed by atoms with E-state index < -0.39 is 15.9 Å². The van der Waals surface area contributed by atoms with Crippen LogP contribution < -0.4 is 10.3 Å². The molecule has 3 rings (SSSR count). The summed E-state index contributed by atoms with van der Waals surface area (Å²) < 4.78 is 27.6. The molecular weight excluding hydrogens is 472 g/mol. The lowest BCUT2D eigenvalue weighted by molar-refractivity contribution is -0.121. The normalized spacial score (nSPS) is 11.6. The number of rotatable bonds is 10. The Bertz CT molecular complexity index is 1210. The van der Waals surface area contributed by atoms with Crippen LogP contribution in [0, 0.1) is 0 Å². The summed E-state index contributed by atoms with van der Waals surface area (Å²) >= 11 is 5.91. The van der Waals surface area contributed by atoms with E-state index in [9.17, 15) is 13.2 Å². The highest BCUT2D eigenvalue weighted by molar-refractivity contribution is 7.89. The highest BCUT2D eigenvalue weighted by atomic mass is 35.5. The van der Waals surface area contributed by atoms with E-state index in [1.54, 1.807) is 0 Å². The number of carbonyl (C=O) groups is 1. The topological polar surface area (TPSA) is 82.1 Å². The van der Waals surface area contributed by atoms with Gasteiger partial charge in [0, 0.05) is 31.4 Å². The molecule has 0 heterocycles. The van der Waals surface area contributed by atoms with Crippen molar-refractivity contribution in [2.24, 2.45) is 5.10 Å². The third-order valence-electron chi connectivity index (χ3n) is 5.08. The fraction of sp³-hybridized carbons (Fsp3) is 0.200. The van der Waals surface area contributed by atoms with Crippen molar-refractivity contribution >= 4 is 39.4 Å². The van der Waals surface area contributed by atoms with Gasteiger partial charge in [0.2, 0.25) is 10.0 Å². The predicted octanol–water partition coefficient (Wildman–Crippen LogP) is 3.79. The Kier molecular flexibility index (Phi) is 8.81. The fourth-order valence-electron chi connectivity index (χ4n) is 3.17. The first-order chi connectivity index (χ1) is 16.3. The Labute approximate surface area is 205 Å². The molecule has 1 amide bonds. The van der Waals surface area contributed by atoms with E-state index in [-0.39, 0.29) is 18.0 Å². The smallest absolute Gasteiger partial charge is 0.255 e. The summed E-state index contributed by atoms with van der Waals surface area (Å²) in [7, 11) is -0.0171. The molecule has 0 aliphatic rings. The van der Waals surface area contributed by atoms with Gasteiger partial charge in [-0.3, -0.25) is 4.79 Å². The van der Waals surface area contributed by atoms with Crippen molar-refractivity contribution in [2.75, 3.05) is 32.1 Å². The van der Waals surface area contributed by atoms with Gasteiger partial charge < -0.3 is 4.90 Å². The number of amides is 1. The van der Waals surface area contributed by atoms with E-state index in [1.165, 1.54) is 30.5 Å². The van der Waals surface area contributed by atoms with Crippen molar-refractivity contribution in [1.29, 1.82) is 0 Å². The number of hydrogen-bond donors (Lipinski definition) is 1. The molecule has 9 heteroatoms. The number of sulfonamides is 1. The molecule has 0 saturated carbocycles. The lowest BCUT2D eigenvalue weighted by Crippen LogP contribution is -2.40. The summed E-state index contributed by atoms with van der Waals surface area (Å²) in [6, 6.07) is 23.0. The van der Waals surface area contributed by atoms with Gasteiger partial charge in [0.1, 0.15) is 0 Å². The molecule has 0 aliphatic carbocycles. The molecule has 1 N–H and O–H groups in total. The van der Waals surface area contributed by atoms with Crippen LogP contribution in [0.5, 0.6) is 0 Å². The van der Waals surface area contributed by atoms with Crippen molar-refractivity contribution in [3.63, 3.8) is 0 Å². The Morgan fingerprint density at radius 1 is 0.971 bits per heavy atom. The monoisotopic (exact) mass is 498 g/mol. The molecule has 0 spiro atoms. The molecule has 34 heavy (non-hydrogen) atoms. The minimum atomic E-state index is -3.92. The maximum atomic E-state index is 13.2. The summed E-state index contributed by atoms with van der Waals surface area (Å²) in [5, 5.41) is 4.41. The number of hydrazone groups is 1. The van der Waals surface area contributed by atoms with Crippen LogP contribution in [0.15, 0.2) is 88.9 Å². The van der Waals surface area contributed by atoms with E-state index in [0.717, 1.165) is 21.1 Å². The Balaban J connectivity index is 1.70. The SMILES string of the molecule is CN(C)c1ccc(/C=N\NC(=O)CN(CCc2ccccc2)S(=O)(=O)c2ccc(Cl)cc2)cc1. The maximum absolute atomic E-state index is 13.2. The third kappa shape index (κ3) is 7.15. The molecule has 0 unspecified atom stereocenters. The number of hydrogen-bond acceptors (Lipinski definition) is 5. The van der Waals surface area contributed by atoms with Crippen LogP contribution in [0.2, 0.25) is 5.02 Å². The lowest BCUT2D eigenvalue weighted by atomic mass is 10.1. The Hall–Kier alpha value is -3.20. The molecule has 0 saturated heterocycles. The summed E-state index contributed by atoms with van der Waals surface area (Å²) in [6.07, 6.45) is 1.97. The van der Waals surface area contributed by atoms with E-state index in [4.69, 9.17) is 11.6 Å². The molecule has 0 atom stereocenters. The van der Waals surface area contributed by atoms with Gasteiger partial charge in [0.25, 0.3) is 5.91 Å². The highest BCUT2D eigenvalue weighted by Crippen LogP contribution is 2.19. The predicted molar refractivity (Wildman–Crippen MR) is 137 cm³/mol. The van der Waals surface area contributed by atoms with E-state index >= 15 is 0 Å². The van der Waals surface area contributed by atoms with Crippen LogP contribution >= 0.6 is 11.6 Å². The molecule has 0 aromatic heterocycles. The molecular formula is C25H27ClN4O3S. The lowest BCUT2D eigenvalue weighted by Gasteiger charge is -2.21. The number of nitrogens with one attached hydrogen (secondary N) is 1. The molecule has 0 aliphatic heterocycles. The van der Waals surface area contributed by atoms with Crippen LogP contribution in [0.4, 0.5) is 5.69 Å². The zero-order valence-electron chi connectivity index (χ0n) is 19.1. The molecule has 3 aromatic rings. The summed E-state index contributed by atoms with van der Waals surface area (Å²) in [5.41, 5.74) is 5.24. The largest absolute Gasteiger partial charge is 0.378 e. The van der Waals surface area contributed by atoms with Gasteiger partial charge in [-0.1, -0.05) is 54.1 Å². The summed E-state index contributed by atoms with van der Waals surface area (Å²) in [6.45, 7) is -0.229. The van der Waals surface area contributed by atoms with E-state index in [0.29, 0.717) is 11.4 Å². The summed E-state index contributed by atoms with van der Waals surface area (Å²) in [5.74, 6) is -0.535. The zero-order valence-corrected chi connectivity index (χ0v) is 20.6. The standard InChI is InChI=1S/C25H27ClN4O3S/c1-29(2)23-12-8-21(9-13-23)18-27-28-25(31)19-30(17-16-20-6-4-3-5-7-20)34(32,33)24-14-10-22(26)11-15-24/h3-15,18H,16-17,19H2,1-2H3,(H,28,31)/b27-18-. The van der Waals surface area contributed by atoms with Crippen molar-refractivity contribution < 1.29 is 13.2 Å². The first-order valence-electron chi connectivity index (χ1n) is 10.6. The van der Waals surface area contributed by atoms with Crippen LogP contribution in [0.1, 0.15) is 11.1 Å². The summed E-state index contributed by atoms with van der Waals surface area (Å²) in [4.78, 5) is 14.6. The molecule has 178 valence electrons. The van der Waals surface area contributed by atoms with Crippen LogP contribution in [-0.2, 0) is 21.2 Å². The van der Waals surface area contributed by atoms with Gasteiger partial charge >= 0.3 is 0 Å². The number of nitrogens with zero attached hydrogens (tertiary/aromatic N) is 3. The van der Waals surface area contributed by atoms with E-state index in [2.05, 4.69) is 10.5 Å². The van der Waals surface area contributed by atoms with Crippen LogP contribution in [0.25, 0.3) is 0 Å². The average Bonchev–Trinajstić information content (AvgIpc) is 2.83. The molecule has 0 fully saturated rings. The second-order valence-electron chi connectivity index (χ2n) is 7.81. The quantitative estimate of drug-likeness (QED) is 0.340. The average molecular weight is 499 g/mol. The fourth-order valence-corrected chi connectivity index (χ4v) is 4.69. The van der Waals surface area contributed by atoms with E-state index in [1.807, 2.05) is 73.6 Å². The number of halogens is 1.